The third-order valence-corrected chi connectivity index (χ3v) is 5.27. The summed E-state index contributed by atoms with van der Waals surface area (Å²) >= 11 is 0. The lowest BCUT2D eigenvalue weighted by Crippen LogP contribution is -2.52. The predicted octanol–water partition coefficient (Wildman–Crippen LogP) is 0.945. The van der Waals surface area contributed by atoms with Crippen molar-refractivity contribution in [2.45, 2.75) is 30.6 Å². The summed E-state index contributed by atoms with van der Waals surface area (Å²) in [4.78, 5) is 2.77. The van der Waals surface area contributed by atoms with E-state index in [1.807, 2.05) is 6.07 Å². The van der Waals surface area contributed by atoms with Crippen LogP contribution in [0.5, 0.6) is 0 Å². The molecule has 0 aromatic heterocycles. The summed E-state index contributed by atoms with van der Waals surface area (Å²) in [7, 11) is -6.58. The van der Waals surface area contributed by atoms with Gasteiger partial charge in [0.1, 0.15) is 31.0 Å². The maximum atomic E-state index is 11.6. The van der Waals surface area contributed by atoms with Crippen molar-refractivity contribution in [3.05, 3.63) is 46.3 Å². The number of azide groups is 1. The van der Waals surface area contributed by atoms with Gasteiger partial charge in [-0.15, -0.1) is 0 Å². The molecular weight excluding hydrogens is 442 g/mol. The first-order valence-electron chi connectivity index (χ1n) is 8.59. The second kappa shape index (κ2) is 10.0. The van der Waals surface area contributed by atoms with Gasteiger partial charge in [0.25, 0.3) is 20.2 Å². The van der Waals surface area contributed by atoms with Gasteiger partial charge in [-0.2, -0.15) is 16.8 Å². The molecule has 12 nitrogen and oxygen atoms in total. The SMILES string of the molecule is CO[C@@H]1OC(COS(C)(=O)=O)(COS(C)(=O)=O)[C@H](OCc2ccccc2)[C@@H]1N=[N+]=[N-]. The topological polar surface area (TPSA) is 163 Å². The van der Waals surface area contributed by atoms with Crippen LogP contribution in [0.3, 0.4) is 0 Å². The first-order chi connectivity index (χ1) is 14.0. The Morgan fingerprint density at radius 3 is 2.13 bits per heavy atom. The first kappa shape index (κ1) is 24.5. The van der Waals surface area contributed by atoms with E-state index >= 15 is 0 Å². The first-order valence-corrected chi connectivity index (χ1v) is 12.2. The van der Waals surface area contributed by atoms with Crippen LogP contribution >= 0.6 is 0 Å². The molecule has 1 aliphatic rings. The Labute approximate surface area is 174 Å². The Bertz CT molecular complexity index is 927. The molecule has 0 aliphatic carbocycles. The van der Waals surface area contributed by atoms with Gasteiger partial charge in [0.15, 0.2) is 6.29 Å². The van der Waals surface area contributed by atoms with Crippen molar-refractivity contribution in [2.24, 2.45) is 5.11 Å². The molecule has 0 bridgehead atoms. The number of benzene rings is 1. The van der Waals surface area contributed by atoms with Crippen molar-refractivity contribution in [2.75, 3.05) is 32.8 Å². The number of nitrogens with zero attached hydrogens (tertiary/aromatic N) is 3. The highest BCUT2D eigenvalue weighted by Gasteiger charge is 2.57. The third kappa shape index (κ3) is 6.89. The Hall–Kier alpha value is -1.77. The fraction of sp³-hybridized carbons (Fsp3) is 0.625. The van der Waals surface area contributed by atoms with Crippen LogP contribution in [0.4, 0.5) is 0 Å². The second-order valence-electron chi connectivity index (χ2n) is 6.63. The smallest absolute Gasteiger partial charge is 0.264 e. The molecule has 0 saturated carbocycles. The predicted molar refractivity (Wildman–Crippen MR) is 104 cm³/mol. The summed E-state index contributed by atoms with van der Waals surface area (Å²) in [6, 6.07) is 7.90. The molecule has 1 aromatic carbocycles. The van der Waals surface area contributed by atoms with Crippen LogP contribution in [0.15, 0.2) is 35.4 Å². The van der Waals surface area contributed by atoms with Crippen molar-refractivity contribution >= 4 is 20.2 Å². The number of methoxy groups -OCH3 is 1. The van der Waals surface area contributed by atoms with Crippen molar-refractivity contribution < 1.29 is 39.4 Å². The Kier molecular flexibility index (Phi) is 8.19. The highest BCUT2D eigenvalue weighted by molar-refractivity contribution is 7.86. The van der Waals surface area contributed by atoms with Crippen LogP contribution in [0, 0.1) is 0 Å². The molecule has 0 radical (unpaired) electrons. The molecule has 3 atom stereocenters. The van der Waals surface area contributed by atoms with Gasteiger partial charge in [-0.1, -0.05) is 35.4 Å². The van der Waals surface area contributed by atoms with E-state index in [0.717, 1.165) is 18.1 Å². The van der Waals surface area contributed by atoms with E-state index in [4.69, 9.17) is 28.1 Å². The minimum atomic E-state index is -3.93. The lowest BCUT2D eigenvalue weighted by atomic mass is 9.95. The van der Waals surface area contributed by atoms with Gasteiger partial charge in [-0.3, -0.25) is 8.37 Å². The summed E-state index contributed by atoms with van der Waals surface area (Å²) in [5.41, 5.74) is 7.97. The molecular formula is C16H23N3O9S2. The van der Waals surface area contributed by atoms with Gasteiger partial charge in [0, 0.05) is 12.0 Å². The molecule has 1 saturated heterocycles. The molecule has 2 rings (SSSR count). The standard InChI is InChI=1S/C16H23N3O9S2/c1-24-15-13(18-19-17)14(25-9-12-7-5-4-6-8-12)16(28-15,10-26-29(2,20)21)11-27-30(3,22)23/h4-8,13-15H,9-11H2,1-3H3/t13-,14+,15+/m0/s1. The summed E-state index contributed by atoms with van der Waals surface area (Å²) in [5.74, 6) is 0. The Morgan fingerprint density at radius 2 is 1.67 bits per heavy atom. The molecule has 0 unspecified atom stereocenters. The Balaban J connectivity index is 2.43. The average molecular weight is 466 g/mol. The Morgan fingerprint density at radius 1 is 1.10 bits per heavy atom. The molecule has 30 heavy (non-hydrogen) atoms. The lowest BCUT2D eigenvalue weighted by molar-refractivity contribution is -0.191. The number of ether oxygens (including phenoxy) is 3. The van der Waals surface area contributed by atoms with Crippen LogP contribution in [0.2, 0.25) is 0 Å². The van der Waals surface area contributed by atoms with E-state index in [1.54, 1.807) is 24.3 Å². The molecule has 1 fully saturated rings. The van der Waals surface area contributed by atoms with Gasteiger partial charge in [-0.05, 0) is 11.1 Å². The van der Waals surface area contributed by atoms with E-state index < -0.39 is 57.5 Å². The molecule has 0 amide bonds. The van der Waals surface area contributed by atoms with Crippen LogP contribution < -0.4 is 0 Å². The van der Waals surface area contributed by atoms with Gasteiger partial charge in [0.2, 0.25) is 0 Å². The van der Waals surface area contributed by atoms with Crippen LogP contribution in [-0.4, -0.2) is 73.7 Å². The summed E-state index contributed by atoms with van der Waals surface area (Å²) in [5, 5.41) is 3.65. The van der Waals surface area contributed by atoms with E-state index in [9.17, 15) is 16.8 Å². The second-order valence-corrected chi connectivity index (χ2v) is 9.92. The molecule has 14 heteroatoms. The summed E-state index contributed by atoms with van der Waals surface area (Å²) in [6.45, 7) is -1.28. The zero-order chi connectivity index (χ0) is 22.4. The molecule has 0 spiro atoms. The average Bonchev–Trinajstić information content (AvgIpc) is 2.97. The van der Waals surface area contributed by atoms with Crippen molar-refractivity contribution in [3.8, 4) is 0 Å². The number of hydrogen-bond donors (Lipinski definition) is 0. The summed E-state index contributed by atoms with van der Waals surface area (Å²) in [6.07, 6.45) is -0.660. The largest absolute Gasteiger partial charge is 0.370 e. The zero-order valence-electron chi connectivity index (χ0n) is 16.6. The van der Waals surface area contributed by atoms with Gasteiger partial charge in [0.05, 0.1) is 19.1 Å². The van der Waals surface area contributed by atoms with E-state index in [1.165, 1.54) is 7.11 Å². The molecule has 0 N–H and O–H groups in total. The lowest BCUT2D eigenvalue weighted by Gasteiger charge is -2.33. The normalized spacial score (nSPS) is 23.8. The minimum Gasteiger partial charge on any atom is -0.370 e. The summed E-state index contributed by atoms with van der Waals surface area (Å²) < 4.78 is 73.0. The minimum absolute atomic E-state index is 0.0300. The van der Waals surface area contributed by atoms with Crippen molar-refractivity contribution in [1.29, 1.82) is 0 Å². The zero-order valence-corrected chi connectivity index (χ0v) is 18.2. The third-order valence-electron chi connectivity index (χ3n) is 4.18. The molecule has 1 heterocycles. The van der Waals surface area contributed by atoms with Gasteiger partial charge >= 0.3 is 0 Å². The van der Waals surface area contributed by atoms with Crippen LogP contribution in [-0.2, 0) is 49.4 Å². The fourth-order valence-electron chi connectivity index (χ4n) is 2.88. The van der Waals surface area contributed by atoms with Gasteiger partial charge in [-0.25, -0.2) is 0 Å². The van der Waals surface area contributed by atoms with Crippen LogP contribution in [0.25, 0.3) is 10.4 Å². The van der Waals surface area contributed by atoms with E-state index in [2.05, 4.69) is 10.0 Å². The maximum Gasteiger partial charge on any atom is 0.264 e. The monoisotopic (exact) mass is 465 g/mol. The molecule has 1 aromatic rings. The maximum absolute atomic E-state index is 11.6. The highest BCUT2D eigenvalue weighted by Crippen LogP contribution is 2.38. The van der Waals surface area contributed by atoms with Crippen molar-refractivity contribution in [3.63, 3.8) is 0 Å². The number of rotatable bonds is 11. The van der Waals surface area contributed by atoms with Crippen molar-refractivity contribution in [1.82, 2.24) is 0 Å². The fourth-order valence-corrected chi connectivity index (χ4v) is 3.71. The quantitative estimate of drug-likeness (QED) is 0.200. The van der Waals surface area contributed by atoms with Gasteiger partial charge < -0.3 is 14.2 Å². The van der Waals surface area contributed by atoms with E-state index in [-0.39, 0.29) is 6.61 Å². The highest BCUT2D eigenvalue weighted by atomic mass is 32.2. The number of hydrogen-bond acceptors (Lipinski definition) is 10. The van der Waals surface area contributed by atoms with E-state index in [0.29, 0.717) is 0 Å². The molecule has 168 valence electrons. The molecule has 1 aliphatic heterocycles. The van der Waals surface area contributed by atoms with Crippen LogP contribution in [0.1, 0.15) is 5.56 Å².